The summed E-state index contributed by atoms with van der Waals surface area (Å²) in [6.07, 6.45) is -4.65. The SMILES string of the molecule is COC(=O)C1C(C(F)(F)F)[C@@]12C(=O)N(C)c1ccccc12. The van der Waals surface area contributed by atoms with Gasteiger partial charge in [-0.3, -0.25) is 9.59 Å². The first kappa shape index (κ1) is 13.9. The molecule has 2 unspecified atom stereocenters. The van der Waals surface area contributed by atoms with Gasteiger partial charge in [-0.25, -0.2) is 0 Å². The number of rotatable bonds is 1. The van der Waals surface area contributed by atoms with Gasteiger partial charge in [-0.15, -0.1) is 0 Å². The Morgan fingerprint density at radius 1 is 1.33 bits per heavy atom. The van der Waals surface area contributed by atoms with Crippen LogP contribution in [0.2, 0.25) is 0 Å². The maximum Gasteiger partial charge on any atom is 0.394 e. The monoisotopic (exact) mass is 299 g/mol. The maximum atomic E-state index is 13.3. The van der Waals surface area contributed by atoms with E-state index < -0.39 is 35.3 Å². The van der Waals surface area contributed by atoms with E-state index >= 15 is 0 Å². The molecule has 7 heteroatoms. The Bertz CT molecular complexity index is 643. The normalized spacial score (nSPS) is 30.5. The van der Waals surface area contributed by atoms with Gasteiger partial charge < -0.3 is 9.64 Å². The number of likely N-dealkylation sites (N-methyl/N-ethyl adjacent to an activating group) is 1. The summed E-state index contributed by atoms with van der Waals surface area (Å²) in [5, 5.41) is 0. The fourth-order valence-corrected chi connectivity index (χ4v) is 3.50. The average Bonchev–Trinajstić information content (AvgIpc) is 3.11. The van der Waals surface area contributed by atoms with Crippen LogP contribution >= 0.6 is 0 Å². The molecule has 0 bridgehead atoms. The van der Waals surface area contributed by atoms with Gasteiger partial charge in [0.05, 0.1) is 18.9 Å². The van der Waals surface area contributed by atoms with Crippen molar-refractivity contribution in [2.24, 2.45) is 11.8 Å². The first-order chi connectivity index (χ1) is 9.77. The molecular formula is C14H12F3NO3. The molecule has 112 valence electrons. The Balaban J connectivity index is 2.20. The number of ether oxygens (including phenoxy) is 1. The first-order valence-corrected chi connectivity index (χ1v) is 6.30. The molecule has 1 aliphatic carbocycles. The predicted molar refractivity (Wildman–Crippen MR) is 66.6 cm³/mol. The Morgan fingerprint density at radius 2 is 1.95 bits per heavy atom. The summed E-state index contributed by atoms with van der Waals surface area (Å²) < 4.78 is 44.4. The van der Waals surface area contributed by atoms with E-state index in [4.69, 9.17) is 0 Å². The van der Waals surface area contributed by atoms with E-state index in [0.717, 1.165) is 7.11 Å². The second-order valence-corrected chi connectivity index (χ2v) is 5.27. The predicted octanol–water partition coefficient (Wildman–Crippen LogP) is 1.88. The van der Waals surface area contributed by atoms with Crippen molar-refractivity contribution in [3.05, 3.63) is 29.8 Å². The summed E-state index contributed by atoms with van der Waals surface area (Å²) in [4.78, 5) is 25.4. The average molecular weight is 299 g/mol. The van der Waals surface area contributed by atoms with E-state index in [1.54, 1.807) is 18.2 Å². The molecule has 1 amide bonds. The summed E-state index contributed by atoms with van der Waals surface area (Å²) in [5.41, 5.74) is -1.21. The van der Waals surface area contributed by atoms with Gasteiger partial charge in [0.25, 0.3) is 0 Å². The van der Waals surface area contributed by atoms with Gasteiger partial charge in [0.15, 0.2) is 0 Å². The fraction of sp³-hybridized carbons (Fsp3) is 0.429. The molecule has 1 aromatic carbocycles. The number of carbonyl (C=O) groups excluding carboxylic acids is 2. The second kappa shape index (κ2) is 3.99. The van der Waals surface area contributed by atoms with Crippen LogP contribution in [0, 0.1) is 11.8 Å². The van der Waals surface area contributed by atoms with Crippen molar-refractivity contribution in [2.45, 2.75) is 11.6 Å². The topological polar surface area (TPSA) is 46.6 Å². The van der Waals surface area contributed by atoms with E-state index in [0.29, 0.717) is 5.69 Å². The molecule has 21 heavy (non-hydrogen) atoms. The Hall–Kier alpha value is -2.05. The van der Waals surface area contributed by atoms with Crippen LogP contribution in [0.4, 0.5) is 18.9 Å². The Labute approximate surface area is 118 Å². The first-order valence-electron chi connectivity index (χ1n) is 6.30. The summed E-state index contributed by atoms with van der Waals surface area (Å²) in [7, 11) is 2.44. The number of esters is 1. The van der Waals surface area contributed by atoms with Crippen LogP contribution in [-0.4, -0.2) is 32.2 Å². The Kier molecular flexibility index (Phi) is 2.64. The molecule has 0 N–H and O–H groups in total. The van der Waals surface area contributed by atoms with E-state index in [-0.39, 0.29) is 5.56 Å². The highest BCUT2D eigenvalue weighted by molar-refractivity contribution is 6.14. The third-order valence-electron chi connectivity index (χ3n) is 4.38. The zero-order chi connectivity index (χ0) is 15.6. The van der Waals surface area contributed by atoms with E-state index in [2.05, 4.69) is 4.74 Å². The minimum absolute atomic E-state index is 0.246. The molecule has 1 saturated carbocycles. The molecule has 3 atom stereocenters. The lowest BCUT2D eigenvalue weighted by Gasteiger charge is -2.12. The highest BCUT2D eigenvalue weighted by Crippen LogP contribution is 2.70. The number of para-hydroxylation sites is 1. The minimum Gasteiger partial charge on any atom is -0.469 e. The molecule has 0 radical (unpaired) electrons. The molecule has 1 aliphatic heterocycles. The van der Waals surface area contributed by atoms with Gasteiger partial charge in [0, 0.05) is 12.7 Å². The van der Waals surface area contributed by atoms with Gasteiger partial charge >= 0.3 is 12.1 Å². The third kappa shape index (κ3) is 1.51. The van der Waals surface area contributed by atoms with Gasteiger partial charge in [0.1, 0.15) is 5.41 Å². The number of hydrogen-bond acceptors (Lipinski definition) is 3. The van der Waals surface area contributed by atoms with Crippen molar-refractivity contribution >= 4 is 17.6 Å². The van der Waals surface area contributed by atoms with Crippen LogP contribution < -0.4 is 4.90 Å². The number of benzene rings is 1. The van der Waals surface area contributed by atoms with E-state index in [1.807, 2.05) is 0 Å². The maximum absolute atomic E-state index is 13.3. The van der Waals surface area contributed by atoms with Crippen LogP contribution in [0.1, 0.15) is 5.56 Å². The summed E-state index contributed by atoms with van der Waals surface area (Å²) >= 11 is 0. The van der Waals surface area contributed by atoms with Crippen molar-refractivity contribution < 1.29 is 27.5 Å². The number of methoxy groups -OCH3 is 1. The lowest BCUT2D eigenvalue weighted by atomic mass is 9.93. The van der Waals surface area contributed by atoms with Crippen LogP contribution in [0.5, 0.6) is 0 Å². The molecule has 2 aliphatic rings. The standard InChI is InChI=1S/C14H12F3NO3/c1-18-8-6-4-3-5-7(8)13(12(18)20)9(11(19)21-2)10(13)14(15,16)17/h3-6,9-10H,1-2H3/t9?,10?,13-/m0/s1. The number of alkyl halides is 3. The number of anilines is 1. The minimum atomic E-state index is -4.65. The van der Waals surface area contributed by atoms with Crippen molar-refractivity contribution in [3.63, 3.8) is 0 Å². The number of amides is 1. The molecular weight excluding hydrogens is 287 g/mol. The van der Waals surface area contributed by atoms with E-state index in [9.17, 15) is 22.8 Å². The van der Waals surface area contributed by atoms with Crippen molar-refractivity contribution in [1.29, 1.82) is 0 Å². The number of nitrogens with zero attached hydrogens (tertiary/aromatic N) is 1. The van der Waals surface area contributed by atoms with Gasteiger partial charge in [-0.05, 0) is 11.6 Å². The number of hydrogen-bond donors (Lipinski definition) is 0. The zero-order valence-corrected chi connectivity index (χ0v) is 11.3. The summed E-state index contributed by atoms with van der Waals surface area (Å²) in [5.74, 6) is -5.26. The molecule has 0 aromatic heterocycles. The largest absolute Gasteiger partial charge is 0.469 e. The number of halogens is 3. The van der Waals surface area contributed by atoms with Crippen molar-refractivity contribution in [1.82, 2.24) is 0 Å². The van der Waals surface area contributed by atoms with Gasteiger partial charge in [-0.2, -0.15) is 13.2 Å². The smallest absolute Gasteiger partial charge is 0.394 e. The van der Waals surface area contributed by atoms with Crippen LogP contribution in [0.25, 0.3) is 0 Å². The Morgan fingerprint density at radius 3 is 2.52 bits per heavy atom. The lowest BCUT2D eigenvalue weighted by molar-refractivity contribution is -0.164. The fourth-order valence-electron chi connectivity index (χ4n) is 3.50. The van der Waals surface area contributed by atoms with E-state index in [1.165, 1.54) is 18.0 Å². The quantitative estimate of drug-likeness (QED) is 0.744. The molecule has 1 heterocycles. The molecule has 3 rings (SSSR count). The highest BCUT2D eigenvalue weighted by Gasteiger charge is 2.84. The van der Waals surface area contributed by atoms with Crippen molar-refractivity contribution in [2.75, 3.05) is 19.1 Å². The molecule has 1 fully saturated rings. The molecule has 0 saturated heterocycles. The lowest BCUT2D eigenvalue weighted by Crippen LogP contribution is -2.33. The number of carbonyl (C=O) groups is 2. The summed E-state index contributed by atoms with van der Waals surface area (Å²) in [6.45, 7) is 0. The van der Waals surface area contributed by atoms with Gasteiger partial charge in [-0.1, -0.05) is 18.2 Å². The van der Waals surface area contributed by atoms with Crippen LogP contribution in [0.15, 0.2) is 24.3 Å². The second-order valence-electron chi connectivity index (χ2n) is 5.27. The van der Waals surface area contributed by atoms with Crippen LogP contribution in [-0.2, 0) is 19.7 Å². The third-order valence-corrected chi connectivity index (χ3v) is 4.38. The van der Waals surface area contributed by atoms with Crippen LogP contribution in [0.3, 0.4) is 0 Å². The van der Waals surface area contributed by atoms with Crippen molar-refractivity contribution in [3.8, 4) is 0 Å². The highest BCUT2D eigenvalue weighted by atomic mass is 19.4. The molecule has 1 spiro atoms. The summed E-state index contributed by atoms with van der Waals surface area (Å²) in [6, 6.07) is 6.24. The molecule has 1 aromatic rings. The number of fused-ring (bicyclic) bond motifs is 2. The zero-order valence-electron chi connectivity index (χ0n) is 11.3. The van der Waals surface area contributed by atoms with Gasteiger partial charge in [0.2, 0.25) is 5.91 Å². The molecule has 4 nitrogen and oxygen atoms in total.